The molecule has 1 aliphatic heterocycles. The zero-order chi connectivity index (χ0) is 18.8. The van der Waals surface area contributed by atoms with Gasteiger partial charge in [0.25, 0.3) is 0 Å². The number of halogens is 2. The molecule has 5 nitrogen and oxygen atoms in total. The van der Waals surface area contributed by atoms with E-state index in [0.717, 1.165) is 4.90 Å². The average molecular weight is 358 g/mol. The van der Waals surface area contributed by atoms with E-state index in [-0.39, 0.29) is 17.2 Å². The summed E-state index contributed by atoms with van der Waals surface area (Å²) < 4.78 is 33.2. The molecule has 7 heteroatoms. The highest BCUT2D eigenvalue weighted by Crippen LogP contribution is 2.32. The number of allylic oxidation sites excluding steroid dienone is 2. The van der Waals surface area contributed by atoms with Crippen LogP contribution in [-0.4, -0.2) is 17.4 Å². The van der Waals surface area contributed by atoms with Crippen molar-refractivity contribution in [2.24, 2.45) is 5.73 Å². The van der Waals surface area contributed by atoms with Crippen molar-refractivity contribution in [3.63, 3.8) is 0 Å². The number of nitrogens with two attached hydrogens (primary N) is 1. The zero-order valence-electron chi connectivity index (χ0n) is 13.8. The SMILES string of the molecule is CC1=C(N)N(c2ccc(Oc3ccc(F)cc3)cc2)C(F)C(C(=O)O)=C1. The third kappa shape index (κ3) is 3.37. The number of carboxylic acid groups (broad SMARTS) is 1. The minimum atomic E-state index is -1.90. The Morgan fingerprint density at radius 3 is 2.19 bits per heavy atom. The highest BCUT2D eigenvalue weighted by atomic mass is 19.1. The lowest BCUT2D eigenvalue weighted by molar-refractivity contribution is -0.133. The van der Waals surface area contributed by atoms with Gasteiger partial charge in [0.1, 0.15) is 23.1 Å². The fourth-order valence-electron chi connectivity index (χ4n) is 2.57. The Labute approximate surface area is 148 Å². The molecule has 3 rings (SSSR count). The van der Waals surface area contributed by atoms with Crippen molar-refractivity contribution in [1.29, 1.82) is 0 Å². The molecular formula is C19H16F2N2O3. The molecule has 1 atom stereocenters. The van der Waals surface area contributed by atoms with Crippen LogP contribution in [0.4, 0.5) is 14.5 Å². The molecule has 1 aliphatic rings. The second kappa shape index (κ2) is 6.87. The molecule has 26 heavy (non-hydrogen) atoms. The van der Waals surface area contributed by atoms with Gasteiger partial charge in [-0.05, 0) is 67.1 Å². The highest BCUT2D eigenvalue weighted by molar-refractivity contribution is 5.90. The second-order valence-electron chi connectivity index (χ2n) is 5.73. The van der Waals surface area contributed by atoms with E-state index >= 15 is 0 Å². The molecule has 0 saturated carbocycles. The third-order valence-corrected chi connectivity index (χ3v) is 3.93. The van der Waals surface area contributed by atoms with Gasteiger partial charge < -0.3 is 15.6 Å². The standard InChI is InChI=1S/C19H16F2N2O3/c1-11-10-16(19(24)25)17(21)23(18(11)22)13-4-8-15(9-5-13)26-14-6-2-12(20)3-7-14/h2-10,17H,22H2,1H3,(H,24,25). The summed E-state index contributed by atoms with van der Waals surface area (Å²) in [7, 11) is 0. The fraction of sp³-hybridized carbons (Fsp3) is 0.105. The van der Waals surface area contributed by atoms with Gasteiger partial charge in [-0.1, -0.05) is 0 Å². The van der Waals surface area contributed by atoms with Gasteiger partial charge in [-0.2, -0.15) is 0 Å². The minimum absolute atomic E-state index is 0.134. The molecule has 0 amide bonds. The maximum absolute atomic E-state index is 14.7. The van der Waals surface area contributed by atoms with Gasteiger partial charge in [0.2, 0.25) is 6.30 Å². The number of aliphatic carboxylic acids is 1. The summed E-state index contributed by atoms with van der Waals surface area (Å²) in [5, 5.41) is 9.16. The number of hydrogen-bond donors (Lipinski definition) is 2. The largest absolute Gasteiger partial charge is 0.478 e. The van der Waals surface area contributed by atoms with E-state index in [2.05, 4.69) is 0 Å². The zero-order valence-corrected chi connectivity index (χ0v) is 13.8. The van der Waals surface area contributed by atoms with Crippen molar-refractivity contribution in [2.45, 2.75) is 13.2 Å². The molecule has 0 bridgehead atoms. The predicted octanol–water partition coefficient (Wildman–Crippen LogP) is 3.93. The average Bonchev–Trinajstić information content (AvgIpc) is 2.61. The van der Waals surface area contributed by atoms with Gasteiger partial charge in [-0.3, -0.25) is 4.90 Å². The smallest absolute Gasteiger partial charge is 0.336 e. The molecule has 0 spiro atoms. The van der Waals surface area contributed by atoms with E-state index in [4.69, 9.17) is 15.6 Å². The lowest BCUT2D eigenvalue weighted by Gasteiger charge is -2.32. The fourth-order valence-corrected chi connectivity index (χ4v) is 2.57. The normalized spacial score (nSPS) is 17.1. The van der Waals surface area contributed by atoms with Gasteiger partial charge in [-0.15, -0.1) is 0 Å². The Morgan fingerprint density at radius 1 is 1.12 bits per heavy atom. The number of ether oxygens (including phenoxy) is 1. The Balaban J connectivity index is 1.85. The van der Waals surface area contributed by atoms with Crippen molar-refractivity contribution < 1.29 is 23.4 Å². The molecule has 0 aromatic heterocycles. The molecule has 0 saturated heterocycles. The van der Waals surface area contributed by atoms with Crippen molar-refractivity contribution in [2.75, 3.05) is 4.90 Å². The van der Waals surface area contributed by atoms with Crippen LogP contribution in [0.2, 0.25) is 0 Å². The first-order chi connectivity index (χ1) is 12.4. The van der Waals surface area contributed by atoms with Crippen LogP contribution in [0.3, 0.4) is 0 Å². The molecule has 134 valence electrons. The molecule has 0 fully saturated rings. The number of rotatable bonds is 4. The van der Waals surface area contributed by atoms with Crippen LogP contribution in [0.15, 0.2) is 71.6 Å². The van der Waals surface area contributed by atoms with Gasteiger partial charge in [0, 0.05) is 5.69 Å². The van der Waals surface area contributed by atoms with Crippen LogP contribution < -0.4 is 15.4 Å². The Bertz CT molecular complexity index is 890. The summed E-state index contributed by atoms with van der Waals surface area (Å²) in [5.74, 6) is -0.667. The molecule has 2 aromatic carbocycles. The maximum atomic E-state index is 14.7. The van der Waals surface area contributed by atoms with E-state index in [1.165, 1.54) is 30.3 Å². The number of benzene rings is 2. The topological polar surface area (TPSA) is 75.8 Å². The van der Waals surface area contributed by atoms with Gasteiger partial charge >= 0.3 is 5.97 Å². The monoisotopic (exact) mass is 358 g/mol. The molecule has 0 aliphatic carbocycles. The van der Waals surface area contributed by atoms with Crippen molar-refractivity contribution in [3.8, 4) is 11.5 Å². The first-order valence-electron chi connectivity index (χ1n) is 7.75. The van der Waals surface area contributed by atoms with Crippen LogP contribution in [0.1, 0.15) is 6.92 Å². The molecule has 1 unspecified atom stereocenters. The highest BCUT2D eigenvalue weighted by Gasteiger charge is 2.32. The lowest BCUT2D eigenvalue weighted by atomic mass is 10.1. The Morgan fingerprint density at radius 2 is 1.65 bits per heavy atom. The van der Waals surface area contributed by atoms with Crippen molar-refractivity contribution in [1.82, 2.24) is 0 Å². The summed E-state index contributed by atoms with van der Waals surface area (Å²) in [6.45, 7) is 1.61. The minimum Gasteiger partial charge on any atom is -0.478 e. The number of hydrogen-bond acceptors (Lipinski definition) is 4. The van der Waals surface area contributed by atoms with E-state index < -0.39 is 12.3 Å². The van der Waals surface area contributed by atoms with Crippen LogP contribution >= 0.6 is 0 Å². The number of carboxylic acids is 1. The Hall–Kier alpha value is -3.35. The predicted molar refractivity (Wildman–Crippen MR) is 92.9 cm³/mol. The molecule has 2 aromatic rings. The van der Waals surface area contributed by atoms with E-state index in [1.54, 1.807) is 31.2 Å². The number of alkyl halides is 1. The molecule has 3 N–H and O–H groups in total. The summed E-state index contributed by atoms with van der Waals surface area (Å²) in [5.41, 5.74) is 6.40. The van der Waals surface area contributed by atoms with Gasteiger partial charge in [0.15, 0.2) is 0 Å². The van der Waals surface area contributed by atoms with Crippen LogP contribution in [0.5, 0.6) is 11.5 Å². The maximum Gasteiger partial charge on any atom is 0.336 e. The van der Waals surface area contributed by atoms with E-state index in [1.807, 2.05) is 0 Å². The van der Waals surface area contributed by atoms with Crippen LogP contribution in [0.25, 0.3) is 0 Å². The first kappa shape index (κ1) is 17.5. The molecule has 0 radical (unpaired) electrons. The summed E-state index contributed by atoms with van der Waals surface area (Å²) >= 11 is 0. The van der Waals surface area contributed by atoms with E-state index in [9.17, 15) is 13.6 Å². The van der Waals surface area contributed by atoms with E-state index in [0.29, 0.717) is 22.8 Å². The van der Waals surface area contributed by atoms with Crippen LogP contribution in [-0.2, 0) is 4.79 Å². The first-order valence-corrected chi connectivity index (χ1v) is 7.75. The summed E-state index contributed by atoms with van der Waals surface area (Å²) in [4.78, 5) is 12.3. The van der Waals surface area contributed by atoms with Gasteiger partial charge in [0.05, 0.1) is 5.57 Å². The third-order valence-electron chi connectivity index (χ3n) is 3.93. The number of nitrogens with zero attached hydrogens (tertiary/aromatic N) is 1. The summed E-state index contributed by atoms with van der Waals surface area (Å²) in [6, 6.07) is 11.8. The molecular weight excluding hydrogens is 342 g/mol. The number of carbonyl (C=O) groups is 1. The van der Waals surface area contributed by atoms with Crippen molar-refractivity contribution >= 4 is 11.7 Å². The van der Waals surface area contributed by atoms with Gasteiger partial charge in [-0.25, -0.2) is 13.6 Å². The van der Waals surface area contributed by atoms with Crippen LogP contribution in [0, 0.1) is 5.82 Å². The Kier molecular flexibility index (Phi) is 4.62. The van der Waals surface area contributed by atoms with Crippen molar-refractivity contribution in [3.05, 3.63) is 77.4 Å². The summed E-state index contributed by atoms with van der Waals surface area (Å²) in [6.07, 6.45) is -0.676. The second-order valence-corrected chi connectivity index (χ2v) is 5.73. The lowest BCUT2D eigenvalue weighted by Crippen LogP contribution is -2.41. The number of anilines is 1. The molecule has 1 heterocycles. The quantitative estimate of drug-likeness (QED) is 0.810.